The van der Waals surface area contributed by atoms with Crippen LogP contribution in [-0.4, -0.2) is 49.3 Å². The Balaban J connectivity index is 3.94. The summed E-state index contributed by atoms with van der Waals surface area (Å²) in [6.07, 6.45) is 82.7. The quantitative estimate of drug-likeness (QED) is 0.0264. The van der Waals surface area contributed by atoms with Gasteiger partial charge in [-0.05, 0) is 103 Å². The number of phosphoric ester groups is 1. The van der Waals surface area contributed by atoms with Gasteiger partial charge in [-0.1, -0.05) is 251 Å². The molecule has 0 radical (unpaired) electrons. The van der Waals surface area contributed by atoms with Crippen LogP contribution < -0.4 is 5.73 Å². The van der Waals surface area contributed by atoms with Crippen LogP contribution in [0.5, 0.6) is 0 Å². The number of carbonyl (C=O) groups excluding carboxylic acids is 2. The molecule has 0 heterocycles. The fourth-order valence-corrected chi connectivity index (χ4v) is 8.75. The topological polar surface area (TPSA) is 134 Å². The lowest BCUT2D eigenvalue weighted by molar-refractivity contribution is -0.161. The van der Waals surface area contributed by atoms with Crippen molar-refractivity contribution in [2.24, 2.45) is 5.73 Å². The third-order valence-electron chi connectivity index (χ3n) is 12.3. The molecular weight excluding hydrogens is 954 g/mol. The van der Waals surface area contributed by atoms with E-state index >= 15 is 0 Å². The maximum Gasteiger partial charge on any atom is 0.472 e. The van der Waals surface area contributed by atoms with E-state index in [0.717, 1.165) is 103 Å². The van der Waals surface area contributed by atoms with Gasteiger partial charge in [-0.15, -0.1) is 0 Å². The van der Waals surface area contributed by atoms with E-state index in [9.17, 15) is 19.0 Å². The van der Waals surface area contributed by atoms with Crippen LogP contribution in [0.25, 0.3) is 0 Å². The van der Waals surface area contributed by atoms with Gasteiger partial charge >= 0.3 is 19.8 Å². The number of phosphoric acid groups is 1. The summed E-state index contributed by atoms with van der Waals surface area (Å²) in [5.74, 6) is -0.867. The Hall–Kier alpha value is -3.59. The van der Waals surface area contributed by atoms with E-state index < -0.39 is 32.5 Å². The molecule has 0 rings (SSSR count). The highest BCUT2D eigenvalue weighted by atomic mass is 31.2. The zero-order valence-corrected chi connectivity index (χ0v) is 48.6. The highest BCUT2D eigenvalue weighted by Gasteiger charge is 2.26. The Morgan fingerprint density at radius 3 is 1.04 bits per heavy atom. The summed E-state index contributed by atoms with van der Waals surface area (Å²) in [7, 11) is -4.40. The summed E-state index contributed by atoms with van der Waals surface area (Å²) in [5, 5.41) is 0. The van der Waals surface area contributed by atoms with Gasteiger partial charge in [0.2, 0.25) is 0 Å². The minimum Gasteiger partial charge on any atom is -0.462 e. The van der Waals surface area contributed by atoms with Crippen LogP contribution in [0.3, 0.4) is 0 Å². The number of rotatable bonds is 55. The molecular formula is C65H110NO8P. The molecule has 75 heavy (non-hydrogen) atoms. The third kappa shape index (κ3) is 59.5. The number of unbranched alkanes of at least 4 members (excludes halogenated alkanes) is 22. The van der Waals surface area contributed by atoms with Crippen LogP contribution in [0.2, 0.25) is 0 Å². The van der Waals surface area contributed by atoms with Gasteiger partial charge in [0, 0.05) is 19.4 Å². The minimum atomic E-state index is -4.40. The maximum absolute atomic E-state index is 12.7. The molecule has 0 saturated carbocycles. The summed E-state index contributed by atoms with van der Waals surface area (Å²) in [6.45, 7) is 3.48. The first-order chi connectivity index (χ1) is 36.8. The van der Waals surface area contributed by atoms with E-state index in [-0.39, 0.29) is 32.6 Å². The van der Waals surface area contributed by atoms with Crippen molar-refractivity contribution in [1.29, 1.82) is 0 Å². The van der Waals surface area contributed by atoms with Gasteiger partial charge in [0.1, 0.15) is 6.61 Å². The van der Waals surface area contributed by atoms with Crippen molar-refractivity contribution in [2.75, 3.05) is 26.4 Å². The van der Waals surface area contributed by atoms with Crippen LogP contribution in [0.4, 0.5) is 0 Å². The lowest BCUT2D eigenvalue weighted by Crippen LogP contribution is -2.29. The van der Waals surface area contributed by atoms with Gasteiger partial charge in [-0.3, -0.25) is 18.6 Å². The van der Waals surface area contributed by atoms with Gasteiger partial charge in [-0.2, -0.15) is 0 Å². The first kappa shape index (κ1) is 71.4. The molecule has 0 spiro atoms. The molecule has 3 N–H and O–H groups in total. The SMILES string of the molecule is CC/C=C\C/C=C\C/C=C\C/C=C\C/C=C\CCCCCCCCCCCCCCCCCCCCCC(=O)OC(COC(=O)CCCCC/C=C\C/C=C\C/C=C\C/C=C\C/C=C\CC)COP(=O)(O)OCCN. The highest BCUT2D eigenvalue weighted by Crippen LogP contribution is 2.43. The summed E-state index contributed by atoms with van der Waals surface area (Å²) < 4.78 is 33.0. The molecule has 0 fully saturated rings. The molecule has 0 saturated heterocycles. The second-order valence-electron chi connectivity index (χ2n) is 19.5. The van der Waals surface area contributed by atoms with Crippen LogP contribution >= 0.6 is 7.82 Å². The van der Waals surface area contributed by atoms with Gasteiger partial charge < -0.3 is 20.1 Å². The second kappa shape index (κ2) is 59.7. The highest BCUT2D eigenvalue weighted by molar-refractivity contribution is 7.47. The lowest BCUT2D eigenvalue weighted by atomic mass is 10.0. The van der Waals surface area contributed by atoms with E-state index in [0.29, 0.717) is 12.8 Å². The molecule has 0 aliphatic rings. The molecule has 2 atom stereocenters. The molecule has 9 nitrogen and oxygen atoms in total. The van der Waals surface area contributed by atoms with E-state index in [2.05, 4.69) is 135 Å². The zero-order chi connectivity index (χ0) is 54.5. The molecule has 10 heteroatoms. The molecule has 0 amide bonds. The van der Waals surface area contributed by atoms with E-state index in [4.69, 9.17) is 24.3 Å². The second-order valence-corrected chi connectivity index (χ2v) is 20.9. The summed E-state index contributed by atoms with van der Waals surface area (Å²) >= 11 is 0. The molecule has 428 valence electrons. The smallest absolute Gasteiger partial charge is 0.462 e. The van der Waals surface area contributed by atoms with Crippen molar-refractivity contribution in [1.82, 2.24) is 0 Å². The Morgan fingerprint density at radius 1 is 0.400 bits per heavy atom. The summed E-state index contributed by atoms with van der Waals surface area (Å²) in [4.78, 5) is 35.2. The van der Waals surface area contributed by atoms with E-state index in [1.165, 1.54) is 103 Å². The van der Waals surface area contributed by atoms with Gasteiger partial charge in [0.25, 0.3) is 0 Å². The Morgan fingerprint density at radius 2 is 0.693 bits per heavy atom. The normalized spacial score (nSPS) is 13.9. The van der Waals surface area contributed by atoms with Crippen LogP contribution in [0, 0.1) is 0 Å². The van der Waals surface area contributed by atoms with Gasteiger partial charge in [-0.25, -0.2) is 4.57 Å². The molecule has 0 aromatic heterocycles. The summed E-state index contributed by atoms with van der Waals surface area (Å²) in [6, 6.07) is 0. The number of allylic oxidation sites excluding steroid dienone is 20. The van der Waals surface area contributed by atoms with Gasteiger partial charge in [0.05, 0.1) is 13.2 Å². The number of ether oxygens (including phenoxy) is 2. The lowest BCUT2D eigenvalue weighted by Gasteiger charge is -2.19. The van der Waals surface area contributed by atoms with Crippen molar-refractivity contribution >= 4 is 19.8 Å². The minimum absolute atomic E-state index is 0.0439. The predicted octanol–water partition coefficient (Wildman–Crippen LogP) is 19.2. The van der Waals surface area contributed by atoms with Crippen LogP contribution in [0.1, 0.15) is 245 Å². The van der Waals surface area contributed by atoms with Gasteiger partial charge in [0.15, 0.2) is 6.10 Å². The van der Waals surface area contributed by atoms with Crippen LogP contribution in [0.15, 0.2) is 122 Å². The van der Waals surface area contributed by atoms with Crippen molar-refractivity contribution < 1.29 is 37.6 Å². The van der Waals surface area contributed by atoms with E-state index in [1.807, 2.05) is 0 Å². The number of esters is 2. The number of hydrogen-bond donors (Lipinski definition) is 2. The number of nitrogens with two attached hydrogens (primary N) is 1. The Bertz CT molecular complexity index is 1640. The fourth-order valence-electron chi connectivity index (χ4n) is 7.98. The molecule has 0 aromatic rings. The standard InChI is InChI=1S/C65H110NO8P/c1-3-5-7-9-11-13-15-17-19-21-23-24-25-26-27-28-29-30-31-32-33-34-35-36-37-38-40-42-44-46-48-50-52-54-56-58-65(68)74-63(62-73-75(69,70)72-60-59-66)61-71-64(67)57-55-53-51-49-47-45-43-41-39-22-20-18-16-14-12-10-8-6-4-2/h5-8,11-14,17-20,23-24,26-27,39,41,45,47,63H,3-4,9-10,15-16,21-22,25,28-38,40,42-44,46,48-62,66H2,1-2H3,(H,69,70)/b7-5-,8-6-,13-11-,14-12-,19-17-,20-18-,24-23-,27-26-,41-39-,47-45-. The van der Waals surface area contributed by atoms with Crippen molar-refractivity contribution in [2.45, 2.75) is 251 Å². The Kier molecular flexibility index (Phi) is 56.8. The average molecular weight is 1060 g/mol. The molecule has 0 aliphatic heterocycles. The molecule has 2 unspecified atom stereocenters. The largest absolute Gasteiger partial charge is 0.472 e. The predicted molar refractivity (Wildman–Crippen MR) is 321 cm³/mol. The first-order valence-electron chi connectivity index (χ1n) is 30.0. The van der Waals surface area contributed by atoms with Crippen molar-refractivity contribution in [3.8, 4) is 0 Å². The van der Waals surface area contributed by atoms with E-state index in [1.54, 1.807) is 0 Å². The number of hydrogen-bond acceptors (Lipinski definition) is 8. The Labute approximate surface area is 460 Å². The molecule has 0 bridgehead atoms. The van der Waals surface area contributed by atoms with Crippen LogP contribution in [-0.2, 0) is 32.7 Å². The monoisotopic (exact) mass is 1060 g/mol. The average Bonchev–Trinajstić information content (AvgIpc) is 3.40. The third-order valence-corrected chi connectivity index (χ3v) is 13.3. The fraction of sp³-hybridized carbons (Fsp3) is 0.662. The summed E-state index contributed by atoms with van der Waals surface area (Å²) in [5.41, 5.74) is 5.38. The molecule has 0 aliphatic carbocycles. The van der Waals surface area contributed by atoms with Crippen molar-refractivity contribution in [3.05, 3.63) is 122 Å². The number of carbonyl (C=O) groups is 2. The molecule has 0 aromatic carbocycles. The maximum atomic E-state index is 12.7. The first-order valence-corrected chi connectivity index (χ1v) is 31.5. The van der Waals surface area contributed by atoms with Crippen molar-refractivity contribution in [3.63, 3.8) is 0 Å². The zero-order valence-electron chi connectivity index (χ0n) is 47.7.